The Morgan fingerprint density at radius 1 is 1.30 bits per heavy atom. The van der Waals surface area contributed by atoms with Crippen LogP contribution >= 0.6 is 11.3 Å². The third-order valence-electron chi connectivity index (χ3n) is 4.59. The van der Waals surface area contributed by atoms with Crippen molar-refractivity contribution >= 4 is 11.3 Å². The van der Waals surface area contributed by atoms with Crippen molar-refractivity contribution in [1.82, 2.24) is 10.2 Å². The molecule has 3 rings (SSSR count). The van der Waals surface area contributed by atoms with Crippen molar-refractivity contribution < 1.29 is 4.74 Å². The van der Waals surface area contributed by atoms with Gasteiger partial charge >= 0.3 is 0 Å². The fourth-order valence-electron chi connectivity index (χ4n) is 3.47. The maximum Gasteiger partial charge on any atom is 0.0730 e. The van der Waals surface area contributed by atoms with Gasteiger partial charge in [0.15, 0.2) is 0 Å². The normalized spacial score (nSPS) is 27.4. The highest BCUT2D eigenvalue weighted by molar-refractivity contribution is 7.07. The molecule has 4 heteroatoms. The number of thiophene rings is 1. The monoisotopic (exact) mass is 294 g/mol. The molecule has 0 aromatic carbocycles. The Kier molecular flexibility index (Phi) is 5.48. The molecular weight excluding hydrogens is 268 g/mol. The maximum absolute atomic E-state index is 5.93. The predicted molar refractivity (Wildman–Crippen MR) is 84.5 cm³/mol. The van der Waals surface area contributed by atoms with Crippen molar-refractivity contribution in [3.63, 3.8) is 0 Å². The van der Waals surface area contributed by atoms with E-state index in [0.29, 0.717) is 12.1 Å². The van der Waals surface area contributed by atoms with Crippen LogP contribution in [0.3, 0.4) is 0 Å². The van der Waals surface area contributed by atoms with Crippen molar-refractivity contribution in [2.24, 2.45) is 0 Å². The second-order valence-electron chi connectivity index (χ2n) is 5.93. The van der Waals surface area contributed by atoms with Gasteiger partial charge in [-0.15, -0.1) is 0 Å². The van der Waals surface area contributed by atoms with Crippen LogP contribution in [0.25, 0.3) is 0 Å². The zero-order valence-electron chi connectivity index (χ0n) is 12.2. The van der Waals surface area contributed by atoms with E-state index in [4.69, 9.17) is 4.74 Å². The standard InChI is InChI=1S/C16H26N2OS/c1-2-4-16-15(3-1)18(10-11-19-16)9-8-17-7-5-14-6-12-20-13-14/h6,12-13,15-17H,1-5,7-11H2. The molecule has 2 aliphatic rings. The molecule has 1 N–H and O–H groups in total. The number of morpholine rings is 1. The molecule has 20 heavy (non-hydrogen) atoms. The number of nitrogens with one attached hydrogen (secondary N) is 1. The van der Waals surface area contributed by atoms with Crippen LogP contribution in [-0.4, -0.2) is 49.8 Å². The van der Waals surface area contributed by atoms with Crippen LogP contribution in [0.4, 0.5) is 0 Å². The number of ether oxygens (including phenoxy) is 1. The Morgan fingerprint density at radius 2 is 2.25 bits per heavy atom. The molecular formula is C16H26N2OS. The first kappa shape index (κ1) is 14.5. The molecule has 1 saturated heterocycles. The second-order valence-corrected chi connectivity index (χ2v) is 6.71. The van der Waals surface area contributed by atoms with E-state index < -0.39 is 0 Å². The van der Waals surface area contributed by atoms with Crippen molar-refractivity contribution in [2.75, 3.05) is 32.8 Å². The quantitative estimate of drug-likeness (QED) is 0.816. The van der Waals surface area contributed by atoms with Gasteiger partial charge in [0.2, 0.25) is 0 Å². The van der Waals surface area contributed by atoms with Crippen molar-refractivity contribution in [1.29, 1.82) is 0 Å². The summed E-state index contributed by atoms with van der Waals surface area (Å²) in [6, 6.07) is 2.91. The zero-order valence-corrected chi connectivity index (χ0v) is 13.0. The molecule has 1 saturated carbocycles. The highest BCUT2D eigenvalue weighted by Gasteiger charge is 2.33. The van der Waals surface area contributed by atoms with Crippen LogP contribution in [0.15, 0.2) is 16.8 Å². The minimum atomic E-state index is 0.517. The zero-order chi connectivity index (χ0) is 13.6. The Bertz CT molecular complexity index is 380. The van der Waals surface area contributed by atoms with E-state index in [1.165, 1.54) is 37.8 Å². The topological polar surface area (TPSA) is 24.5 Å². The Balaban J connectivity index is 1.35. The van der Waals surface area contributed by atoms with Crippen LogP contribution in [0, 0.1) is 0 Å². The average Bonchev–Trinajstić information content (AvgIpc) is 3.00. The largest absolute Gasteiger partial charge is 0.375 e. The molecule has 1 aromatic rings. The van der Waals surface area contributed by atoms with Gasteiger partial charge < -0.3 is 10.1 Å². The fraction of sp³-hybridized carbons (Fsp3) is 0.750. The van der Waals surface area contributed by atoms with Crippen LogP contribution in [-0.2, 0) is 11.2 Å². The summed E-state index contributed by atoms with van der Waals surface area (Å²) < 4.78 is 5.93. The van der Waals surface area contributed by atoms with Gasteiger partial charge in [0, 0.05) is 25.7 Å². The Labute approximate surface area is 126 Å². The number of rotatable bonds is 6. The minimum Gasteiger partial charge on any atom is -0.375 e. The number of hydrogen-bond donors (Lipinski definition) is 1. The van der Waals surface area contributed by atoms with Gasteiger partial charge in [-0.2, -0.15) is 11.3 Å². The molecule has 0 amide bonds. The molecule has 1 aromatic heterocycles. The van der Waals surface area contributed by atoms with Gasteiger partial charge in [0.25, 0.3) is 0 Å². The van der Waals surface area contributed by atoms with Crippen LogP contribution in [0.5, 0.6) is 0 Å². The number of hydrogen-bond acceptors (Lipinski definition) is 4. The van der Waals surface area contributed by atoms with Gasteiger partial charge in [-0.05, 0) is 48.2 Å². The predicted octanol–water partition coefficient (Wildman–Crippen LogP) is 2.52. The lowest BCUT2D eigenvalue weighted by molar-refractivity contribution is -0.0873. The summed E-state index contributed by atoms with van der Waals surface area (Å²) in [5, 5.41) is 7.99. The van der Waals surface area contributed by atoms with Gasteiger partial charge in [-0.1, -0.05) is 12.8 Å². The molecule has 0 spiro atoms. The van der Waals surface area contributed by atoms with Gasteiger partial charge in [0.1, 0.15) is 0 Å². The molecule has 1 aliphatic carbocycles. The molecule has 2 fully saturated rings. The summed E-state index contributed by atoms with van der Waals surface area (Å²) in [7, 11) is 0. The van der Waals surface area contributed by atoms with E-state index in [1.807, 2.05) is 0 Å². The molecule has 2 heterocycles. The van der Waals surface area contributed by atoms with E-state index in [0.717, 1.165) is 32.7 Å². The van der Waals surface area contributed by atoms with Crippen LogP contribution in [0.1, 0.15) is 31.2 Å². The SMILES string of the molecule is c1cc(CCNCCN2CCOC3CCCCC32)cs1. The van der Waals surface area contributed by atoms with E-state index in [-0.39, 0.29) is 0 Å². The summed E-state index contributed by atoms with van der Waals surface area (Å²) in [6.45, 7) is 5.42. The van der Waals surface area contributed by atoms with Gasteiger partial charge in [-0.25, -0.2) is 0 Å². The molecule has 0 bridgehead atoms. The maximum atomic E-state index is 5.93. The molecule has 2 unspecified atom stereocenters. The first-order valence-electron chi connectivity index (χ1n) is 8.01. The number of fused-ring (bicyclic) bond motifs is 1. The van der Waals surface area contributed by atoms with E-state index in [9.17, 15) is 0 Å². The van der Waals surface area contributed by atoms with E-state index in [1.54, 1.807) is 11.3 Å². The van der Waals surface area contributed by atoms with Gasteiger partial charge in [0.05, 0.1) is 12.7 Å². The molecule has 0 radical (unpaired) electrons. The summed E-state index contributed by atoms with van der Waals surface area (Å²) in [5.41, 5.74) is 1.46. The molecule has 3 nitrogen and oxygen atoms in total. The molecule has 2 atom stereocenters. The highest BCUT2D eigenvalue weighted by atomic mass is 32.1. The summed E-state index contributed by atoms with van der Waals surface area (Å²) in [6.07, 6.45) is 7.01. The third-order valence-corrected chi connectivity index (χ3v) is 5.33. The third kappa shape index (κ3) is 3.82. The van der Waals surface area contributed by atoms with E-state index >= 15 is 0 Å². The van der Waals surface area contributed by atoms with Gasteiger partial charge in [-0.3, -0.25) is 4.90 Å². The lowest BCUT2D eigenvalue weighted by Crippen LogP contribution is -2.54. The summed E-state index contributed by atoms with van der Waals surface area (Å²) >= 11 is 1.79. The van der Waals surface area contributed by atoms with Crippen LogP contribution < -0.4 is 5.32 Å². The molecule has 112 valence electrons. The lowest BCUT2D eigenvalue weighted by Gasteiger charge is -2.43. The fourth-order valence-corrected chi connectivity index (χ4v) is 4.17. The first-order valence-corrected chi connectivity index (χ1v) is 8.95. The van der Waals surface area contributed by atoms with Crippen molar-refractivity contribution in [3.8, 4) is 0 Å². The van der Waals surface area contributed by atoms with Crippen molar-refractivity contribution in [2.45, 2.75) is 44.2 Å². The highest BCUT2D eigenvalue weighted by Crippen LogP contribution is 2.27. The van der Waals surface area contributed by atoms with Crippen LogP contribution in [0.2, 0.25) is 0 Å². The average molecular weight is 294 g/mol. The first-order chi connectivity index (χ1) is 9.93. The lowest BCUT2D eigenvalue weighted by atomic mass is 9.90. The van der Waals surface area contributed by atoms with Crippen molar-refractivity contribution in [3.05, 3.63) is 22.4 Å². The number of nitrogens with zero attached hydrogens (tertiary/aromatic N) is 1. The summed E-state index contributed by atoms with van der Waals surface area (Å²) in [4.78, 5) is 2.66. The Morgan fingerprint density at radius 3 is 3.15 bits per heavy atom. The molecule has 1 aliphatic heterocycles. The summed E-state index contributed by atoms with van der Waals surface area (Å²) in [5.74, 6) is 0. The Hall–Kier alpha value is -0.420. The minimum absolute atomic E-state index is 0.517. The second kappa shape index (κ2) is 7.55. The smallest absolute Gasteiger partial charge is 0.0730 e. The van der Waals surface area contributed by atoms with E-state index in [2.05, 4.69) is 27.0 Å².